The lowest BCUT2D eigenvalue weighted by Crippen LogP contribution is -2.12. The van der Waals surface area contributed by atoms with Crippen LogP contribution in [0.2, 0.25) is 0 Å². The summed E-state index contributed by atoms with van der Waals surface area (Å²) in [6.07, 6.45) is 0. The normalized spacial score (nSPS) is 15.5. The minimum atomic E-state index is 0.900. The van der Waals surface area contributed by atoms with Gasteiger partial charge in [0.1, 0.15) is 5.75 Å². The Morgan fingerprint density at radius 3 is 3.15 bits per heavy atom. The Morgan fingerprint density at radius 2 is 2.31 bits per heavy atom. The molecule has 1 aliphatic heterocycles. The third-order valence-corrected chi connectivity index (χ3v) is 2.82. The summed E-state index contributed by atoms with van der Waals surface area (Å²) in [6.45, 7) is 1.94. The fourth-order valence-corrected chi connectivity index (χ4v) is 2.02. The molecule has 0 radical (unpaired) electrons. The van der Waals surface area contributed by atoms with E-state index in [0.29, 0.717) is 0 Å². The number of benzene rings is 1. The Kier molecular flexibility index (Phi) is 2.61. The van der Waals surface area contributed by atoms with Crippen LogP contribution in [0.3, 0.4) is 0 Å². The lowest BCUT2D eigenvalue weighted by atomic mass is 10.3. The average Bonchev–Trinajstić information content (AvgIpc) is 2.41. The largest absolute Gasteiger partial charge is 0.497 e. The molecule has 0 aliphatic carbocycles. The van der Waals surface area contributed by atoms with Gasteiger partial charge in [-0.15, -0.1) is 0 Å². The van der Waals surface area contributed by atoms with Crippen molar-refractivity contribution >= 4 is 17.6 Å². The molecule has 1 heterocycles. The molecule has 13 heavy (non-hydrogen) atoms. The van der Waals surface area contributed by atoms with Crippen molar-refractivity contribution in [3.05, 3.63) is 18.2 Å². The van der Waals surface area contributed by atoms with Crippen molar-refractivity contribution in [2.24, 2.45) is 0 Å². The second kappa shape index (κ2) is 3.89. The van der Waals surface area contributed by atoms with E-state index in [4.69, 9.17) is 4.74 Å². The number of hydrogen-bond donors (Lipinski definition) is 2. The highest BCUT2D eigenvalue weighted by atomic mass is 32.2. The molecule has 3 nitrogen and oxygen atoms in total. The van der Waals surface area contributed by atoms with Crippen molar-refractivity contribution in [1.82, 2.24) is 4.72 Å². The number of rotatable bonds is 1. The number of anilines is 1. The van der Waals surface area contributed by atoms with E-state index in [2.05, 4.69) is 10.0 Å². The van der Waals surface area contributed by atoms with Gasteiger partial charge in [0.25, 0.3) is 0 Å². The zero-order valence-electron chi connectivity index (χ0n) is 7.46. The fourth-order valence-electron chi connectivity index (χ4n) is 1.24. The predicted molar refractivity (Wildman–Crippen MR) is 55.3 cm³/mol. The van der Waals surface area contributed by atoms with Crippen LogP contribution < -0.4 is 14.8 Å². The van der Waals surface area contributed by atoms with Crippen LogP contribution in [0.4, 0.5) is 5.69 Å². The Bertz CT molecular complexity index is 304. The molecular formula is C9H12N2OS. The lowest BCUT2D eigenvalue weighted by molar-refractivity contribution is 0.414. The number of methoxy groups -OCH3 is 1. The van der Waals surface area contributed by atoms with Gasteiger partial charge in [-0.3, -0.25) is 4.72 Å². The second-order valence-electron chi connectivity index (χ2n) is 2.79. The highest BCUT2D eigenvalue weighted by Gasteiger charge is 2.07. The highest BCUT2D eigenvalue weighted by Crippen LogP contribution is 2.30. The molecule has 2 N–H and O–H groups in total. The maximum Gasteiger partial charge on any atom is 0.120 e. The molecule has 1 aromatic carbocycles. The summed E-state index contributed by atoms with van der Waals surface area (Å²) in [5, 5.41) is 3.34. The van der Waals surface area contributed by atoms with Gasteiger partial charge >= 0.3 is 0 Å². The van der Waals surface area contributed by atoms with Crippen molar-refractivity contribution in [1.29, 1.82) is 0 Å². The van der Waals surface area contributed by atoms with Crippen LogP contribution in [0.15, 0.2) is 23.1 Å². The molecule has 1 aromatic rings. The van der Waals surface area contributed by atoms with Crippen LogP contribution in [0, 0.1) is 0 Å². The second-order valence-corrected chi connectivity index (χ2v) is 3.72. The zero-order chi connectivity index (χ0) is 9.10. The van der Waals surface area contributed by atoms with Crippen LogP contribution in [0.1, 0.15) is 0 Å². The SMILES string of the molecule is COc1ccc2c(c1)SNCCN2. The van der Waals surface area contributed by atoms with E-state index < -0.39 is 0 Å². The number of hydrogen-bond acceptors (Lipinski definition) is 4. The van der Waals surface area contributed by atoms with Crippen molar-refractivity contribution in [2.45, 2.75) is 4.90 Å². The molecule has 2 rings (SSSR count). The molecule has 0 unspecified atom stereocenters. The van der Waals surface area contributed by atoms with Gasteiger partial charge in [-0.1, -0.05) is 0 Å². The Labute approximate surface area is 82.0 Å². The summed E-state index contributed by atoms with van der Waals surface area (Å²) in [5.74, 6) is 0.900. The molecule has 0 saturated heterocycles. The first-order valence-corrected chi connectivity index (χ1v) is 5.03. The number of ether oxygens (including phenoxy) is 1. The first-order valence-electron chi connectivity index (χ1n) is 4.22. The summed E-state index contributed by atoms with van der Waals surface area (Å²) >= 11 is 1.65. The average molecular weight is 196 g/mol. The number of nitrogens with one attached hydrogen (secondary N) is 2. The van der Waals surface area contributed by atoms with E-state index in [1.54, 1.807) is 19.1 Å². The molecule has 0 bridgehead atoms. The van der Waals surface area contributed by atoms with Gasteiger partial charge in [-0.05, 0) is 30.1 Å². The molecule has 0 amide bonds. The fraction of sp³-hybridized carbons (Fsp3) is 0.333. The van der Waals surface area contributed by atoms with Crippen LogP contribution in [-0.2, 0) is 0 Å². The standard InChI is InChI=1S/C9H12N2OS/c1-12-7-2-3-8-9(6-7)13-11-5-4-10-8/h2-3,6,10-11H,4-5H2,1H3. The minimum absolute atomic E-state index is 0.900. The van der Waals surface area contributed by atoms with Gasteiger partial charge < -0.3 is 10.1 Å². The van der Waals surface area contributed by atoms with Crippen molar-refractivity contribution in [3.63, 3.8) is 0 Å². The van der Waals surface area contributed by atoms with Gasteiger partial charge in [0.15, 0.2) is 0 Å². The Morgan fingerprint density at radius 1 is 1.38 bits per heavy atom. The molecule has 0 atom stereocenters. The van der Waals surface area contributed by atoms with Gasteiger partial charge in [0.2, 0.25) is 0 Å². The summed E-state index contributed by atoms with van der Waals surface area (Å²) < 4.78 is 8.41. The van der Waals surface area contributed by atoms with Crippen LogP contribution in [0.5, 0.6) is 5.75 Å². The maximum atomic E-state index is 5.15. The van der Waals surface area contributed by atoms with Gasteiger partial charge in [-0.2, -0.15) is 0 Å². The van der Waals surface area contributed by atoms with E-state index in [1.165, 1.54) is 10.6 Å². The number of fused-ring (bicyclic) bond motifs is 1. The molecule has 1 aliphatic rings. The van der Waals surface area contributed by atoms with E-state index in [9.17, 15) is 0 Å². The van der Waals surface area contributed by atoms with E-state index in [1.807, 2.05) is 18.2 Å². The summed E-state index contributed by atoms with van der Waals surface area (Å²) in [6, 6.07) is 6.05. The van der Waals surface area contributed by atoms with E-state index >= 15 is 0 Å². The van der Waals surface area contributed by atoms with Gasteiger partial charge in [0.05, 0.1) is 7.11 Å². The lowest BCUT2D eigenvalue weighted by Gasteiger charge is -2.07. The predicted octanol–water partition coefficient (Wildman–Crippen LogP) is 1.72. The van der Waals surface area contributed by atoms with Gasteiger partial charge in [-0.25, -0.2) is 0 Å². The Hall–Kier alpha value is -0.870. The van der Waals surface area contributed by atoms with Crippen molar-refractivity contribution < 1.29 is 4.74 Å². The van der Waals surface area contributed by atoms with Gasteiger partial charge in [0, 0.05) is 23.7 Å². The molecular weight excluding hydrogens is 184 g/mol. The summed E-state index contributed by atoms with van der Waals surface area (Å²) in [7, 11) is 1.68. The molecule has 0 spiro atoms. The quantitative estimate of drug-likeness (QED) is 0.670. The molecule has 0 fully saturated rings. The summed E-state index contributed by atoms with van der Waals surface area (Å²) in [4.78, 5) is 1.19. The van der Waals surface area contributed by atoms with E-state index in [0.717, 1.165) is 18.8 Å². The molecule has 4 heteroatoms. The zero-order valence-corrected chi connectivity index (χ0v) is 8.28. The topological polar surface area (TPSA) is 33.3 Å². The highest BCUT2D eigenvalue weighted by molar-refractivity contribution is 7.97. The van der Waals surface area contributed by atoms with E-state index in [-0.39, 0.29) is 0 Å². The van der Waals surface area contributed by atoms with Crippen LogP contribution in [0.25, 0.3) is 0 Å². The Balaban J connectivity index is 2.32. The van der Waals surface area contributed by atoms with Crippen LogP contribution in [-0.4, -0.2) is 20.2 Å². The van der Waals surface area contributed by atoms with Crippen molar-refractivity contribution in [3.8, 4) is 5.75 Å². The third-order valence-electron chi connectivity index (χ3n) is 1.91. The minimum Gasteiger partial charge on any atom is -0.497 e. The van der Waals surface area contributed by atoms with Crippen LogP contribution >= 0.6 is 11.9 Å². The summed E-state index contributed by atoms with van der Waals surface area (Å²) in [5.41, 5.74) is 1.18. The smallest absolute Gasteiger partial charge is 0.120 e. The maximum absolute atomic E-state index is 5.15. The molecule has 0 aromatic heterocycles. The molecule has 70 valence electrons. The first kappa shape index (κ1) is 8.72. The molecule has 0 saturated carbocycles. The monoisotopic (exact) mass is 196 g/mol. The third kappa shape index (κ3) is 1.89. The van der Waals surface area contributed by atoms with Crippen molar-refractivity contribution in [2.75, 3.05) is 25.5 Å². The first-order chi connectivity index (χ1) is 6.40.